The van der Waals surface area contributed by atoms with Gasteiger partial charge in [-0.1, -0.05) is 32.6 Å². The Hall–Kier alpha value is -0.570. The third-order valence-corrected chi connectivity index (χ3v) is 1.75. The molecular formula is C9H17ClO3. The summed E-state index contributed by atoms with van der Waals surface area (Å²) in [5.41, 5.74) is 0. The van der Waals surface area contributed by atoms with Crippen LogP contribution in [0.25, 0.3) is 0 Å². The summed E-state index contributed by atoms with van der Waals surface area (Å²) >= 11 is 0. The van der Waals surface area contributed by atoms with Crippen LogP contribution in [0.3, 0.4) is 0 Å². The van der Waals surface area contributed by atoms with Crippen molar-refractivity contribution in [2.75, 3.05) is 0 Å². The SMILES string of the molecule is CCCCCCCC(=O)C(=O)O.Cl. The molecule has 1 N–H and O–H groups in total. The Morgan fingerprint density at radius 1 is 1.08 bits per heavy atom. The number of halogens is 1. The molecule has 0 rings (SSSR count). The van der Waals surface area contributed by atoms with Crippen molar-refractivity contribution >= 4 is 24.2 Å². The van der Waals surface area contributed by atoms with E-state index in [1.165, 1.54) is 6.42 Å². The number of carboxylic acids is 1. The predicted molar refractivity (Wildman–Crippen MR) is 53.3 cm³/mol. The van der Waals surface area contributed by atoms with Crippen LogP contribution in [-0.4, -0.2) is 16.9 Å². The molecule has 0 heterocycles. The Bertz CT molecular complexity index is 157. The van der Waals surface area contributed by atoms with Crippen molar-refractivity contribution in [1.29, 1.82) is 0 Å². The lowest BCUT2D eigenvalue weighted by Gasteiger charge is -1.96. The zero-order valence-electron chi connectivity index (χ0n) is 7.91. The number of carbonyl (C=O) groups is 2. The van der Waals surface area contributed by atoms with Gasteiger partial charge in [-0.05, 0) is 6.42 Å². The average molecular weight is 209 g/mol. The van der Waals surface area contributed by atoms with E-state index in [0.29, 0.717) is 6.42 Å². The second kappa shape index (κ2) is 9.52. The number of rotatable bonds is 7. The highest BCUT2D eigenvalue weighted by Crippen LogP contribution is 2.04. The molecule has 0 radical (unpaired) electrons. The standard InChI is InChI=1S/C9H16O3.ClH/c1-2-3-4-5-6-7-8(10)9(11)12;/h2-7H2,1H3,(H,11,12);1H. The normalized spacial score (nSPS) is 9.00. The highest BCUT2D eigenvalue weighted by molar-refractivity contribution is 6.32. The maximum absolute atomic E-state index is 10.6. The number of aliphatic carboxylic acids is 1. The van der Waals surface area contributed by atoms with Gasteiger partial charge in [-0.3, -0.25) is 4.79 Å². The van der Waals surface area contributed by atoms with Crippen molar-refractivity contribution in [3.8, 4) is 0 Å². The first-order valence-electron chi connectivity index (χ1n) is 4.44. The second-order valence-electron chi connectivity index (χ2n) is 2.89. The zero-order valence-corrected chi connectivity index (χ0v) is 8.73. The summed E-state index contributed by atoms with van der Waals surface area (Å²) in [6.45, 7) is 2.11. The Kier molecular flexibility index (Phi) is 10.9. The number of Topliss-reactive ketones (excluding diaryl/α,β-unsaturated/α-hetero) is 1. The predicted octanol–water partition coefficient (Wildman–Crippen LogP) is 2.42. The minimum absolute atomic E-state index is 0. The first kappa shape index (κ1) is 14.9. The van der Waals surface area contributed by atoms with Crippen LogP contribution in [0.5, 0.6) is 0 Å². The Labute approximate surface area is 84.9 Å². The minimum Gasteiger partial charge on any atom is -0.476 e. The van der Waals surface area contributed by atoms with Gasteiger partial charge in [-0.25, -0.2) is 4.79 Å². The van der Waals surface area contributed by atoms with Gasteiger partial charge in [-0.2, -0.15) is 0 Å². The van der Waals surface area contributed by atoms with Crippen LogP contribution < -0.4 is 0 Å². The molecule has 0 saturated heterocycles. The van der Waals surface area contributed by atoms with Gasteiger partial charge in [0.1, 0.15) is 0 Å². The third kappa shape index (κ3) is 9.34. The maximum Gasteiger partial charge on any atom is 0.372 e. The van der Waals surface area contributed by atoms with Gasteiger partial charge in [0.15, 0.2) is 0 Å². The first-order valence-corrected chi connectivity index (χ1v) is 4.44. The summed E-state index contributed by atoms with van der Waals surface area (Å²) in [7, 11) is 0. The van der Waals surface area contributed by atoms with Gasteiger partial charge in [-0.15, -0.1) is 12.4 Å². The molecule has 0 aliphatic carbocycles. The fourth-order valence-electron chi connectivity index (χ4n) is 0.996. The van der Waals surface area contributed by atoms with E-state index in [9.17, 15) is 9.59 Å². The second-order valence-corrected chi connectivity index (χ2v) is 2.89. The molecule has 13 heavy (non-hydrogen) atoms. The fraction of sp³-hybridized carbons (Fsp3) is 0.778. The number of hydrogen-bond donors (Lipinski definition) is 1. The van der Waals surface area contributed by atoms with Gasteiger partial charge in [0.25, 0.3) is 0 Å². The molecule has 0 spiro atoms. The summed E-state index contributed by atoms with van der Waals surface area (Å²) in [6.07, 6.45) is 5.30. The first-order chi connectivity index (χ1) is 5.68. The number of unbranched alkanes of at least 4 members (excludes halogenated alkanes) is 4. The molecule has 0 aromatic rings. The van der Waals surface area contributed by atoms with Crippen LogP contribution >= 0.6 is 12.4 Å². The highest BCUT2D eigenvalue weighted by Gasteiger charge is 2.09. The topological polar surface area (TPSA) is 54.4 Å². The smallest absolute Gasteiger partial charge is 0.372 e. The molecule has 4 heteroatoms. The van der Waals surface area contributed by atoms with Crippen LogP contribution in [0.15, 0.2) is 0 Å². The van der Waals surface area contributed by atoms with Gasteiger partial charge in [0.05, 0.1) is 0 Å². The maximum atomic E-state index is 10.6. The van der Waals surface area contributed by atoms with E-state index in [-0.39, 0.29) is 18.8 Å². The van der Waals surface area contributed by atoms with Gasteiger partial charge in [0.2, 0.25) is 5.78 Å². The zero-order chi connectivity index (χ0) is 9.40. The summed E-state index contributed by atoms with van der Waals surface area (Å²) in [4.78, 5) is 20.6. The molecule has 0 amide bonds. The number of carboxylic acid groups (broad SMARTS) is 1. The lowest BCUT2D eigenvalue weighted by Crippen LogP contribution is -2.11. The molecule has 0 aromatic heterocycles. The van der Waals surface area contributed by atoms with E-state index in [1.807, 2.05) is 0 Å². The number of hydrogen-bond acceptors (Lipinski definition) is 2. The van der Waals surface area contributed by atoms with E-state index < -0.39 is 11.8 Å². The molecule has 78 valence electrons. The molecule has 0 saturated carbocycles. The molecular weight excluding hydrogens is 192 g/mol. The summed E-state index contributed by atoms with van der Waals surface area (Å²) < 4.78 is 0. The van der Waals surface area contributed by atoms with Crippen molar-refractivity contribution in [2.24, 2.45) is 0 Å². The lowest BCUT2D eigenvalue weighted by atomic mass is 10.1. The Morgan fingerprint density at radius 3 is 2.08 bits per heavy atom. The van der Waals surface area contributed by atoms with E-state index in [4.69, 9.17) is 5.11 Å². The van der Waals surface area contributed by atoms with Crippen LogP contribution in [0.2, 0.25) is 0 Å². The Morgan fingerprint density at radius 2 is 1.62 bits per heavy atom. The number of carbonyl (C=O) groups excluding carboxylic acids is 1. The molecule has 3 nitrogen and oxygen atoms in total. The van der Waals surface area contributed by atoms with Crippen LogP contribution in [0, 0.1) is 0 Å². The van der Waals surface area contributed by atoms with Gasteiger partial charge in [0, 0.05) is 6.42 Å². The fourth-order valence-corrected chi connectivity index (χ4v) is 0.996. The third-order valence-electron chi connectivity index (χ3n) is 1.75. The van der Waals surface area contributed by atoms with E-state index >= 15 is 0 Å². The van der Waals surface area contributed by atoms with Gasteiger partial charge >= 0.3 is 5.97 Å². The van der Waals surface area contributed by atoms with Crippen molar-refractivity contribution in [1.82, 2.24) is 0 Å². The van der Waals surface area contributed by atoms with Crippen LogP contribution in [0.1, 0.15) is 45.4 Å². The van der Waals surface area contributed by atoms with Crippen molar-refractivity contribution in [2.45, 2.75) is 45.4 Å². The lowest BCUT2D eigenvalue weighted by molar-refractivity contribution is -0.149. The van der Waals surface area contributed by atoms with E-state index in [2.05, 4.69) is 6.92 Å². The number of ketones is 1. The molecule has 0 aromatic carbocycles. The van der Waals surface area contributed by atoms with Crippen molar-refractivity contribution < 1.29 is 14.7 Å². The molecule has 0 bridgehead atoms. The van der Waals surface area contributed by atoms with E-state index in [1.54, 1.807) is 0 Å². The van der Waals surface area contributed by atoms with Crippen LogP contribution in [-0.2, 0) is 9.59 Å². The van der Waals surface area contributed by atoms with Crippen LogP contribution in [0.4, 0.5) is 0 Å². The summed E-state index contributed by atoms with van der Waals surface area (Å²) in [5.74, 6) is -1.96. The molecule has 0 atom stereocenters. The van der Waals surface area contributed by atoms with Crippen molar-refractivity contribution in [3.63, 3.8) is 0 Å². The van der Waals surface area contributed by atoms with Gasteiger partial charge < -0.3 is 5.11 Å². The molecule has 0 unspecified atom stereocenters. The largest absolute Gasteiger partial charge is 0.476 e. The average Bonchev–Trinajstić information content (AvgIpc) is 2.03. The quantitative estimate of drug-likeness (QED) is 0.517. The summed E-state index contributed by atoms with van der Waals surface area (Å²) in [6, 6.07) is 0. The van der Waals surface area contributed by atoms with Crippen molar-refractivity contribution in [3.05, 3.63) is 0 Å². The molecule has 0 aliphatic heterocycles. The molecule has 0 fully saturated rings. The monoisotopic (exact) mass is 208 g/mol. The molecule has 0 aliphatic rings. The highest BCUT2D eigenvalue weighted by atomic mass is 35.5. The minimum atomic E-state index is -1.30. The van der Waals surface area contributed by atoms with E-state index in [0.717, 1.165) is 19.3 Å². The summed E-state index contributed by atoms with van der Waals surface area (Å²) in [5, 5.41) is 8.24. The Balaban J connectivity index is 0.